The molecular formula is C12H13ClN2O2. The Hall–Kier alpha value is -1.55. The van der Waals surface area contributed by atoms with Crippen molar-refractivity contribution in [2.75, 3.05) is 7.05 Å². The van der Waals surface area contributed by atoms with Crippen molar-refractivity contribution in [2.45, 2.75) is 12.5 Å². The summed E-state index contributed by atoms with van der Waals surface area (Å²) >= 11 is 5.92. The SMILES string of the molecule is CN1C(=O)C[C@@H](C(N)=O)[C@@H]1c1cccc(Cl)c1. The lowest BCUT2D eigenvalue weighted by Crippen LogP contribution is -2.30. The van der Waals surface area contributed by atoms with Crippen LogP contribution in [0.4, 0.5) is 0 Å². The van der Waals surface area contributed by atoms with Crippen molar-refractivity contribution in [2.24, 2.45) is 11.7 Å². The molecule has 0 spiro atoms. The van der Waals surface area contributed by atoms with Gasteiger partial charge < -0.3 is 10.6 Å². The van der Waals surface area contributed by atoms with Gasteiger partial charge in [-0.1, -0.05) is 23.7 Å². The second kappa shape index (κ2) is 4.37. The van der Waals surface area contributed by atoms with Crippen LogP contribution < -0.4 is 5.73 Å². The van der Waals surface area contributed by atoms with Crippen LogP contribution in [0.5, 0.6) is 0 Å². The Balaban J connectivity index is 2.40. The van der Waals surface area contributed by atoms with E-state index in [2.05, 4.69) is 0 Å². The van der Waals surface area contributed by atoms with E-state index in [-0.39, 0.29) is 18.4 Å². The summed E-state index contributed by atoms with van der Waals surface area (Å²) in [6.07, 6.45) is 0.170. The third kappa shape index (κ3) is 2.13. The summed E-state index contributed by atoms with van der Waals surface area (Å²) in [5, 5.41) is 0.582. The zero-order chi connectivity index (χ0) is 12.6. The minimum Gasteiger partial charge on any atom is -0.369 e. The molecule has 0 aliphatic carbocycles. The van der Waals surface area contributed by atoms with E-state index in [1.165, 1.54) is 0 Å². The van der Waals surface area contributed by atoms with Crippen molar-refractivity contribution < 1.29 is 9.59 Å². The summed E-state index contributed by atoms with van der Waals surface area (Å²) in [5.41, 5.74) is 6.18. The van der Waals surface area contributed by atoms with Crippen LogP contribution in [0.15, 0.2) is 24.3 Å². The molecular weight excluding hydrogens is 240 g/mol. The lowest BCUT2D eigenvalue weighted by Gasteiger charge is -2.23. The molecule has 0 radical (unpaired) electrons. The Morgan fingerprint density at radius 2 is 2.24 bits per heavy atom. The van der Waals surface area contributed by atoms with Crippen LogP contribution in [-0.2, 0) is 9.59 Å². The quantitative estimate of drug-likeness (QED) is 0.864. The van der Waals surface area contributed by atoms with Crippen LogP contribution in [0.1, 0.15) is 18.0 Å². The fourth-order valence-electron chi connectivity index (χ4n) is 2.27. The molecule has 90 valence electrons. The number of hydrogen-bond acceptors (Lipinski definition) is 2. The van der Waals surface area contributed by atoms with Crippen LogP contribution in [0.3, 0.4) is 0 Å². The molecule has 1 heterocycles. The number of carbonyl (C=O) groups excluding carboxylic acids is 2. The molecule has 5 heteroatoms. The molecule has 2 amide bonds. The Kier molecular flexibility index (Phi) is 3.07. The second-order valence-electron chi connectivity index (χ2n) is 4.22. The van der Waals surface area contributed by atoms with Crippen molar-refractivity contribution in [3.05, 3.63) is 34.9 Å². The molecule has 1 fully saturated rings. The Labute approximate surface area is 104 Å². The number of nitrogens with zero attached hydrogens (tertiary/aromatic N) is 1. The predicted molar refractivity (Wildman–Crippen MR) is 64.3 cm³/mol. The Bertz CT molecular complexity index is 475. The van der Waals surface area contributed by atoms with Crippen molar-refractivity contribution in [1.82, 2.24) is 4.90 Å². The van der Waals surface area contributed by atoms with Gasteiger partial charge in [0.25, 0.3) is 0 Å². The van der Waals surface area contributed by atoms with Crippen molar-refractivity contribution in [3.63, 3.8) is 0 Å². The first-order chi connectivity index (χ1) is 8.00. The minimum atomic E-state index is -0.481. The summed E-state index contributed by atoms with van der Waals surface area (Å²) in [4.78, 5) is 24.6. The minimum absolute atomic E-state index is 0.0706. The van der Waals surface area contributed by atoms with E-state index in [4.69, 9.17) is 17.3 Å². The van der Waals surface area contributed by atoms with Crippen molar-refractivity contribution >= 4 is 23.4 Å². The van der Waals surface area contributed by atoms with Gasteiger partial charge in [0.15, 0.2) is 0 Å². The third-order valence-electron chi connectivity index (χ3n) is 3.14. The zero-order valence-electron chi connectivity index (χ0n) is 9.39. The molecule has 1 saturated heterocycles. The maximum absolute atomic E-state index is 11.6. The molecule has 1 aromatic carbocycles. The van der Waals surface area contributed by atoms with Gasteiger partial charge in [0.2, 0.25) is 11.8 Å². The molecule has 1 aliphatic heterocycles. The van der Waals surface area contributed by atoms with Crippen LogP contribution in [0.2, 0.25) is 5.02 Å². The van der Waals surface area contributed by atoms with Gasteiger partial charge in [-0.15, -0.1) is 0 Å². The lowest BCUT2D eigenvalue weighted by atomic mass is 9.93. The van der Waals surface area contributed by atoms with E-state index in [0.29, 0.717) is 5.02 Å². The number of hydrogen-bond donors (Lipinski definition) is 1. The summed E-state index contributed by atoms with van der Waals surface area (Å²) in [5.74, 6) is -1.00. The molecule has 0 saturated carbocycles. The van der Waals surface area contributed by atoms with Crippen molar-refractivity contribution in [1.29, 1.82) is 0 Å². The van der Waals surface area contributed by atoms with E-state index in [1.54, 1.807) is 30.1 Å². The molecule has 0 aromatic heterocycles. The molecule has 4 nitrogen and oxygen atoms in total. The van der Waals surface area contributed by atoms with Gasteiger partial charge in [-0.2, -0.15) is 0 Å². The van der Waals surface area contributed by atoms with E-state index >= 15 is 0 Å². The average molecular weight is 253 g/mol. The first-order valence-corrected chi connectivity index (χ1v) is 5.69. The predicted octanol–water partition coefficient (Wildman–Crippen LogP) is 1.34. The molecule has 1 aliphatic rings. The number of carbonyl (C=O) groups is 2. The summed E-state index contributed by atoms with van der Waals surface area (Å²) in [6.45, 7) is 0. The van der Waals surface area contributed by atoms with Crippen LogP contribution >= 0.6 is 11.6 Å². The summed E-state index contributed by atoms with van der Waals surface area (Å²) in [6, 6.07) is 6.85. The van der Waals surface area contributed by atoms with Crippen LogP contribution in [0.25, 0.3) is 0 Å². The van der Waals surface area contributed by atoms with E-state index < -0.39 is 11.8 Å². The maximum atomic E-state index is 11.6. The number of halogens is 1. The molecule has 2 rings (SSSR count). The Morgan fingerprint density at radius 1 is 1.53 bits per heavy atom. The lowest BCUT2D eigenvalue weighted by molar-refractivity contribution is -0.128. The van der Waals surface area contributed by atoms with E-state index in [1.807, 2.05) is 6.07 Å². The van der Waals surface area contributed by atoms with E-state index in [0.717, 1.165) is 5.56 Å². The van der Waals surface area contributed by atoms with Crippen LogP contribution in [-0.4, -0.2) is 23.8 Å². The second-order valence-corrected chi connectivity index (χ2v) is 4.65. The van der Waals surface area contributed by atoms with Gasteiger partial charge in [-0.05, 0) is 17.7 Å². The number of amides is 2. The van der Waals surface area contributed by atoms with Crippen molar-refractivity contribution in [3.8, 4) is 0 Å². The van der Waals surface area contributed by atoms with Gasteiger partial charge in [0.05, 0.1) is 12.0 Å². The highest BCUT2D eigenvalue weighted by molar-refractivity contribution is 6.30. The highest BCUT2D eigenvalue weighted by atomic mass is 35.5. The smallest absolute Gasteiger partial charge is 0.223 e. The van der Waals surface area contributed by atoms with Gasteiger partial charge in [0.1, 0.15) is 0 Å². The largest absolute Gasteiger partial charge is 0.369 e. The monoisotopic (exact) mass is 252 g/mol. The van der Waals surface area contributed by atoms with Crippen LogP contribution in [0, 0.1) is 5.92 Å². The Morgan fingerprint density at radius 3 is 2.82 bits per heavy atom. The molecule has 17 heavy (non-hydrogen) atoms. The van der Waals surface area contributed by atoms with Gasteiger partial charge in [0, 0.05) is 18.5 Å². The highest BCUT2D eigenvalue weighted by Gasteiger charge is 2.41. The molecule has 0 unspecified atom stereocenters. The zero-order valence-corrected chi connectivity index (χ0v) is 10.1. The first kappa shape index (κ1) is 11.9. The number of nitrogens with two attached hydrogens (primary N) is 1. The van der Waals surface area contributed by atoms with Gasteiger partial charge in [-0.25, -0.2) is 0 Å². The molecule has 2 atom stereocenters. The number of likely N-dealkylation sites (tertiary alicyclic amines) is 1. The number of benzene rings is 1. The number of rotatable bonds is 2. The normalized spacial score (nSPS) is 24.1. The van der Waals surface area contributed by atoms with E-state index in [9.17, 15) is 9.59 Å². The molecule has 0 bridgehead atoms. The maximum Gasteiger partial charge on any atom is 0.223 e. The standard InChI is InChI=1S/C12H13ClN2O2/c1-15-10(16)6-9(12(14)17)11(15)7-3-2-4-8(13)5-7/h2-5,9,11H,6H2,1H3,(H2,14,17)/t9-,11+/m1/s1. The average Bonchev–Trinajstić information content (AvgIpc) is 2.56. The fraction of sp³-hybridized carbons (Fsp3) is 0.333. The molecule has 2 N–H and O–H groups in total. The molecule has 1 aromatic rings. The summed E-state index contributed by atoms with van der Waals surface area (Å²) in [7, 11) is 1.68. The summed E-state index contributed by atoms with van der Waals surface area (Å²) < 4.78 is 0. The topological polar surface area (TPSA) is 63.4 Å². The first-order valence-electron chi connectivity index (χ1n) is 5.31. The van der Waals surface area contributed by atoms with Gasteiger partial charge in [-0.3, -0.25) is 9.59 Å². The fourth-order valence-corrected chi connectivity index (χ4v) is 2.47. The number of primary amides is 1. The van der Waals surface area contributed by atoms with Gasteiger partial charge >= 0.3 is 0 Å². The highest BCUT2D eigenvalue weighted by Crippen LogP contribution is 2.37. The third-order valence-corrected chi connectivity index (χ3v) is 3.38.